The Morgan fingerprint density at radius 1 is 1.23 bits per heavy atom. The van der Waals surface area contributed by atoms with Gasteiger partial charge in [-0.05, 0) is 44.0 Å². The zero-order valence-corrected chi connectivity index (χ0v) is 13.5. The van der Waals surface area contributed by atoms with E-state index in [-0.39, 0.29) is 11.9 Å². The predicted octanol–water partition coefficient (Wildman–Crippen LogP) is 2.21. The molecule has 5 heteroatoms. The third-order valence-electron chi connectivity index (χ3n) is 3.38. The van der Waals surface area contributed by atoms with Crippen molar-refractivity contribution in [3.05, 3.63) is 53.6 Å². The zero-order chi connectivity index (χ0) is 16.1. The van der Waals surface area contributed by atoms with Gasteiger partial charge in [0, 0.05) is 32.0 Å². The first kappa shape index (κ1) is 15.9. The molecule has 116 valence electrons. The van der Waals surface area contributed by atoms with E-state index in [1.54, 1.807) is 19.2 Å². The summed E-state index contributed by atoms with van der Waals surface area (Å²) in [4.78, 5) is 22.3. The smallest absolute Gasteiger partial charge is 0.270 e. The van der Waals surface area contributed by atoms with Crippen molar-refractivity contribution in [3.63, 3.8) is 0 Å². The number of carbonyl (C=O) groups is 1. The number of benzene rings is 1. The first-order chi connectivity index (χ1) is 10.5. The predicted molar refractivity (Wildman–Crippen MR) is 88.2 cm³/mol. The van der Waals surface area contributed by atoms with E-state index in [4.69, 9.17) is 0 Å². The van der Waals surface area contributed by atoms with Crippen molar-refractivity contribution in [2.24, 2.45) is 0 Å². The Morgan fingerprint density at radius 2 is 1.91 bits per heavy atom. The van der Waals surface area contributed by atoms with Crippen LogP contribution in [0.25, 0.3) is 0 Å². The van der Waals surface area contributed by atoms with Gasteiger partial charge < -0.3 is 10.2 Å². The molecular formula is C17H22N4O. The maximum absolute atomic E-state index is 12.1. The SMILES string of the molecule is Cc1nccc(C(=O)N[C@@H](C)Cc2ccc(N(C)C)cc2)n1. The summed E-state index contributed by atoms with van der Waals surface area (Å²) in [6.45, 7) is 3.76. The van der Waals surface area contributed by atoms with Crippen LogP contribution in [0.15, 0.2) is 36.5 Å². The Balaban J connectivity index is 1.95. The molecule has 2 aromatic rings. The molecule has 0 spiro atoms. The first-order valence-corrected chi connectivity index (χ1v) is 7.32. The van der Waals surface area contributed by atoms with Crippen LogP contribution in [0.4, 0.5) is 5.69 Å². The molecule has 0 saturated heterocycles. The minimum Gasteiger partial charge on any atom is -0.378 e. The second-order valence-electron chi connectivity index (χ2n) is 5.63. The van der Waals surface area contributed by atoms with Gasteiger partial charge in [-0.2, -0.15) is 0 Å². The van der Waals surface area contributed by atoms with E-state index in [0.29, 0.717) is 11.5 Å². The normalized spacial score (nSPS) is 11.8. The lowest BCUT2D eigenvalue weighted by molar-refractivity contribution is 0.0934. The van der Waals surface area contributed by atoms with Gasteiger partial charge in [0.2, 0.25) is 0 Å². The van der Waals surface area contributed by atoms with Crippen molar-refractivity contribution in [2.45, 2.75) is 26.3 Å². The molecule has 0 bridgehead atoms. The summed E-state index contributed by atoms with van der Waals surface area (Å²) in [6.07, 6.45) is 2.38. The van der Waals surface area contributed by atoms with Crippen molar-refractivity contribution in [1.82, 2.24) is 15.3 Å². The van der Waals surface area contributed by atoms with Crippen LogP contribution in [-0.4, -0.2) is 36.0 Å². The van der Waals surface area contributed by atoms with Crippen molar-refractivity contribution in [1.29, 1.82) is 0 Å². The lowest BCUT2D eigenvalue weighted by atomic mass is 10.1. The molecule has 0 aliphatic rings. The molecule has 1 atom stereocenters. The van der Waals surface area contributed by atoms with Crippen LogP contribution in [0.5, 0.6) is 0 Å². The number of hydrogen-bond donors (Lipinski definition) is 1. The second kappa shape index (κ2) is 7.02. The molecule has 1 heterocycles. The summed E-state index contributed by atoms with van der Waals surface area (Å²) in [5.41, 5.74) is 2.76. The van der Waals surface area contributed by atoms with Crippen LogP contribution in [0.1, 0.15) is 28.8 Å². The molecule has 5 nitrogen and oxygen atoms in total. The van der Waals surface area contributed by atoms with Gasteiger partial charge in [0.25, 0.3) is 5.91 Å². The number of hydrogen-bond acceptors (Lipinski definition) is 4. The standard InChI is InChI=1S/C17H22N4O/c1-12(11-14-5-7-15(8-6-14)21(3)4)19-17(22)16-9-10-18-13(2)20-16/h5-10,12H,11H2,1-4H3,(H,19,22)/t12-/m0/s1. The van der Waals surface area contributed by atoms with Gasteiger partial charge in [0.1, 0.15) is 11.5 Å². The second-order valence-corrected chi connectivity index (χ2v) is 5.63. The number of aryl methyl sites for hydroxylation is 1. The molecule has 1 N–H and O–H groups in total. The van der Waals surface area contributed by atoms with Gasteiger partial charge in [-0.1, -0.05) is 12.1 Å². The fraction of sp³-hybridized carbons (Fsp3) is 0.353. The highest BCUT2D eigenvalue weighted by Crippen LogP contribution is 2.13. The van der Waals surface area contributed by atoms with E-state index in [1.165, 1.54) is 5.56 Å². The summed E-state index contributed by atoms with van der Waals surface area (Å²) < 4.78 is 0. The molecule has 0 aliphatic carbocycles. The van der Waals surface area contributed by atoms with Gasteiger partial charge in [-0.3, -0.25) is 4.79 Å². The molecule has 22 heavy (non-hydrogen) atoms. The Labute approximate surface area is 131 Å². The summed E-state index contributed by atoms with van der Waals surface area (Å²) in [7, 11) is 4.03. The van der Waals surface area contributed by atoms with E-state index in [2.05, 4.69) is 44.5 Å². The molecule has 0 radical (unpaired) electrons. The molecule has 0 aliphatic heterocycles. The van der Waals surface area contributed by atoms with E-state index in [0.717, 1.165) is 12.1 Å². The maximum atomic E-state index is 12.1. The number of rotatable bonds is 5. The van der Waals surface area contributed by atoms with E-state index >= 15 is 0 Å². The highest BCUT2D eigenvalue weighted by molar-refractivity contribution is 5.92. The summed E-state index contributed by atoms with van der Waals surface area (Å²) in [6, 6.07) is 10.0. The largest absolute Gasteiger partial charge is 0.378 e. The zero-order valence-electron chi connectivity index (χ0n) is 13.5. The Morgan fingerprint density at radius 3 is 2.50 bits per heavy atom. The quantitative estimate of drug-likeness (QED) is 0.919. The van der Waals surface area contributed by atoms with E-state index < -0.39 is 0 Å². The van der Waals surface area contributed by atoms with Crippen molar-refractivity contribution in [2.75, 3.05) is 19.0 Å². The first-order valence-electron chi connectivity index (χ1n) is 7.32. The Kier molecular flexibility index (Phi) is 5.09. The minimum atomic E-state index is -0.164. The summed E-state index contributed by atoms with van der Waals surface area (Å²) in [5, 5.41) is 2.97. The van der Waals surface area contributed by atoms with Gasteiger partial charge in [0.05, 0.1) is 0 Å². The average Bonchev–Trinajstić information content (AvgIpc) is 2.47. The molecule has 0 fully saturated rings. The number of nitrogens with one attached hydrogen (secondary N) is 1. The van der Waals surface area contributed by atoms with Crippen LogP contribution in [0, 0.1) is 6.92 Å². The minimum absolute atomic E-state index is 0.0352. The fourth-order valence-corrected chi connectivity index (χ4v) is 2.22. The Hall–Kier alpha value is -2.43. The number of nitrogens with zero attached hydrogens (tertiary/aromatic N) is 3. The van der Waals surface area contributed by atoms with Crippen molar-refractivity contribution in [3.8, 4) is 0 Å². The highest BCUT2D eigenvalue weighted by atomic mass is 16.1. The number of amides is 1. The topological polar surface area (TPSA) is 58.1 Å². The van der Waals surface area contributed by atoms with Gasteiger partial charge in [-0.15, -0.1) is 0 Å². The highest BCUT2D eigenvalue weighted by Gasteiger charge is 2.12. The van der Waals surface area contributed by atoms with Crippen molar-refractivity contribution >= 4 is 11.6 Å². The van der Waals surface area contributed by atoms with Crippen LogP contribution in [0.3, 0.4) is 0 Å². The Bertz CT molecular complexity index is 637. The van der Waals surface area contributed by atoms with Gasteiger partial charge in [0.15, 0.2) is 0 Å². The summed E-state index contributed by atoms with van der Waals surface area (Å²) in [5.74, 6) is 0.433. The van der Waals surface area contributed by atoms with Crippen LogP contribution in [0.2, 0.25) is 0 Å². The number of carbonyl (C=O) groups excluding carboxylic acids is 1. The molecule has 0 unspecified atom stereocenters. The van der Waals surface area contributed by atoms with Gasteiger partial charge >= 0.3 is 0 Å². The van der Waals surface area contributed by atoms with Crippen LogP contribution in [-0.2, 0) is 6.42 Å². The third kappa shape index (κ3) is 4.28. The number of aromatic nitrogens is 2. The van der Waals surface area contributed by atoms with E-state index in [1.807, 2.05) is 21.0 Å². The summed E-state index contributed by atoms with van der Waals surface area (Å²) >= 11 is 0. The molecule has 0 saturated carbocycles. The molecule has 1 amide bonds. The maximum Gasteiger partial charge on any atom is 0.270 e. The average molecular weight is 298 g/mol. The molecule has 2 rings (SSSR count). The van der Waals surface area contributed by atoms with Gasteiger partial charge in [-0.25, -0.2) is 9.97 Å². The fourth-order valence-electron chi connectivity index (χ4n) is 2.22. The monoisotopic (exact) mass is 298 g/mol. The number of anilines is 1. The van der Waals surface area contributed by atoms with Crippen molar-refractivity contribution < 1.29 is 4.79 Å². The molecular weight excluding hydrogens is 276 g/mol. The third-order valence-corrected chi connectivity index (χ3v) is 3.38. The van der Waals surface area contributed by atoms with E-state index in [9.17, 15) is 4.79 Å². The molecule has 1 aromatic carbocycles. The lowest BCUT2D eigenvalue weighted by Crippen LogP contribution is -2.34. The molecule has 1 aromatic heterocycles. The van der Waals surface area contributed by atoms with Crippen LogP contribution >= 0.6 is 0 Å². The lowest BCUT2D eigenvalue weighted by Gasteiger charge is -2.16. The van der Waals surface area contributed by atoms with Crippen LogP contribution < -0.4 is 10.2 Å².